The summed E-state index contributed by atoms with van der Waals surface area (Å²) in [5.41, 5.74) is 6.66. The lowest BCUT2D eigenvalue weighted by molar-refractivity contribution is 0.730. The minimum absolute atomic E-state index is 0.556. The number of pyridine rings is 1. The van der Waals surface area contributed by atoms with Crippen LogP contribution in [-0.4, -0.2) is 14.5 Å². The smallest absolute Gasteiger partial charge is 0.123 e. The Kier molecular flexibility index (Phi) is 2.67. The van der Waals surface area contributed by atoms with Crippen LogP contribution in [0.2, 0.25) is 0 Å². The second kappa shape index (κ2) is 4.13. The molecule has 2 rings (SSSR count). The Morgan fingerprint density at radius 1 is 1.33 bits per heavy atom. The van der Waals surface area contributed by atoms with E-state index in [-0.39, 0.29) is 0 Å². The van der Waals surface area contributed by atoms with E-state index in [0.717, 1.165) is 24.4 Å². The van der Waals surface area contributed by atoms with Crippen molar-refractivity contribution in [2.75, 3.05) is 5.73 Å². The van der Waals surface area contributed by atoms with Crippen LogP contribution in [0.3, 0.4) is 0 Å². The largest absolute Gasteiger partial charge is 0.384 e. The van der Waals surface area contributed by atoms with E-state index in [4.69, 9.17) is 5.73 Å². The van der Waals surface area contributed by atoms with Gasteiger partial charge in [-0.3, -0.25) is 0 Å². The first-order valence-electron chi connectivity index (χ1n) is 5.00. The number of aromatic nitrogens is 3. The molecule has 0 bridgehead atoms. The van der Waals surface area contributed by atoms with Crippen LogP contribution in [0.15, 0.2) is 30.7 Å². The summed E-state index contributed by atoms with van der Waals surface area (Å²) in [7, 11) is 0. The third kappa shape index (κ3) is 2.15. The maximum atomic E-state index is 5.53. The first-order chi connectivity index (χ1) is 7.29. The molecule has 0 fully saturated rings. The zero-order valence-corrected chi connectivity index (χ0v) is 8.72. The highest BCUT2D eigenvalue weighted by atomic mass is 15.1. The minimum atomic E-state index is 0.556. The summed E-state index contributed by atoms with van der Waals surface area (Å²) < 4.78 is 2.12. The Bertz CT molecular complexity index is 430. The molecular weight excluding hydrogens is 188 g/mol. The lowest BCUT2D eigenvalue weighted by Crippen LogP contribution is -2.04. The van der Waals surface area contributed by atoms with E-state index >= 15 is 0 Å². The summed E-state index contributed by atoms with van der Waals surface area (Å²) in [6.45, 7) is 2.90. The van der Waals surface area contributed by atoms with Gasteiger partial charge >= 0.3 is 0 Å². The van der Waals surface area contributed by atoms with Crippen molar-refractivity contribution < 1.29 is 0 Å². The van der Waals surface area contributed by atoms with Crippen molar-refractivity contribution in [1.82, 2.24) is 14.5 Å². The maximum Gasteiger partial charge on any atom is 0.123 e. The molecule has 0 atom stereocenters. The molecule has 0 saturated carbocycles. The summed E-state index contributed by atoms with van der Waals surface area (Å²) in [4.78, 5) is 8.33. The summed E-state index contributed by atoms with van der Waals surface area (Å²) in [6.07, 6.45) is 6.54. The van der Waals surface area contributed by atoms with Crippen LogP contribution in [0.1, 0.15) is 18.3 Å². The van der Waals surface area contributed by atoms with Crippen LogP contribution < -0.4 is 5.73 Å². The number of aryl methyl sites for hydroxylation is 1. The predicted molar refractivity (Wildman–Crippen MR) is 59.4 cm³/mol. The molecule has 4 heteroatoms. The molecule has 0 spiro atoms. The molecule has 2 N–H and O–H groups in total. The second-order valence-electron chi connectivity index (χ2n) is 3.42. The molecule has 0 aliphatic carbocycles. The molecule has 78 valence electrons. The average molecular weight is 202 g/mol. The van der Waals surface area contributed by atoms with Crippen LogP contribution in [0.4, 0.5) is 5.82 Å². The average Bonchev–Trinajstić information content (AvgIpc) is 2.69. The molecular formula is C11H14N4. The Morgan fingerprint density at radius 2 is 2.20 bits per heavy atom. The second-order valence-corrected chi connectivity index (χ2v) is 3.42. The molecule has 4 nitrogen and oxygen atoms in total. The van der Waals surface area contributed by atoms with Crippen LogP contribution in [0.25, 0.3) is 0 Å². The van der Waals surface area contributed by atoms with Crippen molar-refractivity contribution in [2.45, 2.75) is 19.9 Å². The third-order valence-corrected chi connectivity index (χ3v) is 2.32. The van der Waals surface area contributed by atoms with Crippen molar-refractivity contribution in [1.29, 1.82) is 0 Å². The molecule has 2 heterocycles. The van der Waals surface area contributed by atoms with Gasteiger partial charge in [-0.15, -0.1) is 0 Å². The van der Waals surface area contributed by atoms with Gasteiger partial charge in [0.25, 0.3) is 0 Å². The standard InChI is InChI=1S/C11H14N4/c1-2-11-13-5-6-15(11)8-9-3-4-10(12)14-7-9/h3-7H,2,8H2,1H3,(H2,12,14). The molecule has 0 unspecified atom stereocenters. The van der Waals surface area contributed by atoms with E-state index in [9.17, 15) is 0 Å². The van der Waals surface area contributed by atoms with Gasteiger partial charge in [-0.1, -0.05) is 13.0 Å². The van der Waals surface area contributed by atoms with Crippen LogP contribution in [0, 0.1) is 0 Å². The van der Waals surface area contributed by atoms with Gasteiger partial charge in [0, 0.05) is 25.0 Å². The van der Waals surface area contributed by atoms with Gasteiger partial charge < -0.3 is 10.3 Å². The van der Waals surface area contributed by atoms with Gasteiger partial charge in [0.15, 0.2) is 0 Å². The van der Waals surface area contributed by atoms with Crippen LogP contribution in [0.5, 0.6) is 0 Å². The zero-order valence-electron chi connectivity index (χ0n) is 8.72. The fourth-order valence-electron chi connectivity index (χ4n) is 1.52. The molecule has 2 aromatic rings. The third-order valence-electron chi connectivity index (χ3n) is 2.32. The quantitative estimate of drug-likeness (QED) is 0.820. The van der Waals surface area contributed by atoms with Crippen molar-refractivity contribution in [2.24, 2.45) is 0 Å². The summed E-state index contributed by atoms with van der Waals surface area (Å²) in [5, 5.41) is 0. The molecule has 0 aliphatic rings. The van der Waals surface area contributed by atoms with Crippen molar-refractivity contribution in [3.8, 4) is 0 Å². The highest BCUT2D eigenvalue weighted by Gasteiger charge is 2.01. The molecule has 0 aromatic carbocycles. The van der Waals surface area contributed by atoms with Gasteiger partial charge in [-0.05, 0) is 11.6 Å². The fourth-order valence-corrected chi connectivity index (χ4v) is 1.52. The van der Waals surface area contributed by atoms with E-state index < -0.39 is 0 Å². The highest BCUT2D eigenvalue weighted by molar-refractivity contribution is 5.29. The van der Waals surface area contributed by atoms with Gasteiger partial charge in [0.05, 0.1) is 6.54 Å². The highest BCUT2D eigenvalue weighted by Crippen LogP contribution is 2.06. The molecule has 0 aliphatic heterocycles. The Morgan fingerprint density at radius 3 is 2.87 bits per heavy atom. The van der Waals surface area contributed by atoms with Crippen molar-refractivity contribution >= 4 is 5.82 Å². The number of anilines is 1. The van der Waals surface area contributed by atoms with E-state index in [1.807, 2.05) is 24.5 Å². The SMILES string of the molecule is CCc1nccn1Cc1ccc(N)nc1. The predicted octanol–water partition coefficient (Wildman–Crippen LogP) is 1.47. The fraction of sp³-hybridized carbons (Fsp3) is 0.273. The summed E-state index contributed by atoms with van der Waals surface area (Å²) >= 11 is 0. The number of nitrogens with two attached hydrogens (primary N) is 1. The summed E-state index contributed by atoms with van der Waals surface area (Å²) in [5.74, 6) is 1.65. The monoisotopic (exact) mass is 202 g/mol. The van der Waals surface area contributed by atoms with E-state index in [1.165, 1.54) is 0 Å². The van der Waals surface area contributed by atoms with Gasteiger partial charge in [0.1, 0.15) is 11.6 Å². The first kappa shape index (κ1) is 9.71. The number of imidazole rings is 1. The molecule has 0 radical (unpaired) electrons. The van der Waals surface area contributed by atoms with Crippen LogP contribution >= 0.6 is 0 Å². The molecule has 15 heavy (non-hydrogen) atoms. The number of hydrogen-bond donors (Lipinski definition) is 1. The number of hydrogen-bond acceptors (Lipinski definition) is 3. The van der Waals surface area contributed by atoms with Crippen molar-refractivity contribution in [3.63, 3.8) is 0 Å². The molecule has 0 saturated heterocycles. The molecule has 0 amide bonds. The van der Waals surface area contributed by atoms with E-state index in [1.54, 1.807) is 6.20 Å². The zero-order chi connectivity index (χ0) is 10.7. The Balaban J connectivity index is 2.18. The van der Waals surface area contributed by atoms with Gasteiger partial charge in [-0.2, -0.15) is 0 Å². The van der Waals surface area contributed by atoms with E-state index in [0.29, 0.717) is 5.82 Å². The van der Waals surface area contributed by atoms with Gasteiger partial charge in [-0.25, -0.2) is 9.97 Å². The van der Waals surface area contributed by atoms with Crippen molar-refractivity contribution in [3.05, 3.63) is 42.1 Å². The first-order valence-corrected chi connectivity index (χ1v) is 5.00. The summed E-state index contributed by atoms with van der Waals surface area (Å²) in [6, 6.07) is 3.81. The lowest BCUT2D eigenvalue weighted by Gasteiger charge is -2.06. The minimum Gasteiger partial charge on any atom is -0.384 e. The lowest BCUT2D eigenvalue weighted by atomic mass is 10.3. The number of nitrogens with zero attached hydrogens (tertiary/aromatic N) is 3. The Labute approximate surface area is 88.8 Å². The number of nitrogen functional groups attached to an aromatic ring is 1. The Hall–Kier alpha value is -1.84. The normalized spacial score (nSPS) is 10.5. The molecule has 2 aromatic heterocycles. The van der Waals surface area contributed by atoms with Crippen LogP contribution in [-0.2, 0) is 13.0 Å². The van der Waals surface area contributed by atoms with Gasteiger partial charge in [0.2, 0.25) is 0 Å². The maximum absolute atomic E-state index is 5.53. The van der Waals surface area contributed by atoms with E-state index in [2.05, 4.69) is 21.5 Å². The number of rotatable bonds is 3. The topological polar surface area (TPSA) is 56.7 Å².